The smallest absolute Gasteiger partial charge is 0.135 e. The van der Waals surface area contributed by atoms with Gasteiger partial charge in [0, 0.05) is 32.6 Å². The maximum Gasteiger partial charge on any atom is 0.135 e. The molecule has 11 rings (SSSR count). The van der Waals surface area contributed by atoms with E-state index in [4.69, 9.17) is 4.42 Å². The van der Waals surface area contributed by atoms with Crippen molar-refractivity contribution in [3.05, 3.63) is 182 Å². The zero-order valence-electron chi connectivity index (χ0n) is 28.2. The van der Waals surface area contributed by atoms with Crippen molar-refractivity contribution in [2.45, 2.75) is 0 Å². The van der Waals surface area contributed by atoms with Crippen molar-refractivity contribution in [3.63, 3.8) is 0 Å². The van der Waals surface area contributed by atoms with Gasteiger partial charge in [-0.15, -0.1) is 0 Å². The van der Waals surface area contributed by atoms with Crippen molar-refractivity contribution < 1.29 is 4.42 Å². The van der Waals surface area contributed by atoms with Crippen LogP contribution in [0.4, 0.5) is 0 Å². The van der Waals surface area contributed by atoms with Gasteiger partial charge in [-0.3, -0.25) is 0 Å². The molecule has 0 aliphatic carbocycles. The summed E-state index contributed by atoms with van der Waals surface area (Å²) in [5.74, 6) is 0. The second kappa shape index (κ2) is 11.3. The maximum absolute atomic E-state index is 6.15. The Kier molecular flexibility index (Phi) is 6.28. The van der Waals surface area contributed by atoms with Crippen LogP contribution in [0.2, 0.25) is 0 Å². The minimum absolute atomic E-state index is 0.912. The highest BCUT2D eigenvalue weighted by Gasteiger charge is 2.20. The molecular formula is C50H31NO. The van der Waals surface area contributed by atoms with Crippen LogP contribution in [0.25, 0.3) is 110 Å². The molecule has 2 nitrogen and oxygen atoms in total. The van der Waals surface area contributed by atoms with E-state index in [0.29, 0.717) is 0 Å². The van der Waals surface area contributed by atoms with Crippen LogP contribution in [0, 0.1) is 0 Å². The van der Waals surface area contributed by atoms with Gasteiger partial charge in [-0.1, -0.05) is 152 Å². The molecule has 0 unspecified atom stereocenters. The van der Waals surface area contributed by atoms with Gasteiger partial charge < -0.3 is 9.40 Å². The molecule has 0 radical (unpaired) electrons. The SMILES string of the molecule is c1cc(-c2ccc3oc4ccccc4c3c2)cc(-c2c3ccccc3c(-c3ccccc3-c3cccc4c3[nH]c3ccccc34)c3ccccc23)c1. The second-order valence-corrected chi connectivity index (χ2v) is 13.7. The van der Waals surface area contributed by atoms with Crippen LogP contribution in [0.1, 0.15) is 0 Å². The first-order valence-electron chi connectivity index (χ1n) is 17.8. The van der Waals surface area contributed by atoms with Gasteiger partial charge >= 0.3 is 0 Å². The van der Waals surface area contributed by atoms with Crippen molar-refractivity contribution >= 4 is 65.3 Å². The first-order chi connectivity index (χ1) is 25.8. The third-order valence-corrected chi connectivity index (χ3v) is 10.8. The van der Waals surface area contributed by atoms with Crippen LogP contribution in [-0.4, -0.2) is 4.98 Å². The molecule has 2 heteroatoms. The van der Waals surface area contributed by atoms with E-state index in [1.54, 1.807) is 0 Å². The Balaban J connectivity index is 1.14. The summed E-state index contributed by atoms with van der Waals surface area (Å²) >= 11 is 0. The van der Waals surface area contributed by atoms with Gasteiger partial charge in [0.05, 0.1) is 5.52 Å². The molecule has 0 bridgehead atoms. The number of benzene rings is 9. The van der Waals surface area contributed by atoms with Gasteiger partial charge in [-0.05, 0) is 90.8 Å². The fourth-order valence-electron chi connectivity index (χ4n) is 8.52. The minimum atomic E-state index is 0.912. The van der Waals surface area contributed by atoms with E-state index in [1.165, 1.54) is 82.3 Å². The van der Waals surface area contributed by atoms with Crippen LogP contribution in [0.3, 0.4) is 0 Å². The number of rotatable bonds is 4. The van der Waals surface area contributed by atoms with Crippen LogP contribution in [0.15, 0.2) is 186 Å². The molecule has 52 heavy (non-hydrogen) atoms. The average molecular weight is 662 g/mol. The standard InChI is InChI=1S/C50H31NO/c1-2-18-37(34(15-1)42-23-12-24-43-35-16-7-9-25-45(35)51-50(42)43)49-40-21-5-3-19-38(40)48(39-20-4-6-22-41(39)49)33-14-11-13-31(29-33)32-27-28-47-44(30-32)36-17-8-10-26-46(36)52-47/h1-30,51H. The van der Waals surface area contributed by atoms with Gasteiger partial charge in [-0.25, -0.2) is 0 Å². The Labute approximate surface area is 300 Å². The monoisotopic (exact) mass is 661 g/mol. The summed E-state index contributed by atoms with van der Waals surface area (Å²) in [7, 11) is 0. The molecule has 11 aromatic rings. The molecule has 9 aromatic carbocycles. The number of nitrogens with one attached hydrogen (secondary N) is 1. The van der Waals surface area contributed by atoms with E-state index in [-0.39, 0.29) is 0 Å². The number of hydrogen-bond donors (Lipinski definition) is 1. The number of fused-ring (bicyclic) bond motifs is 8. The van der Waals surface area contributed by atoms with Crippen LogP contribution < -0.4 is 0 Å². The van der Waals surface area contributed by atoms with Crippen LogP contribution in [0.5, 0.6) is 0 Å². The van der Waals surface area contributed by atoms with E-state index >= 15 is 0 Å². The topological polar surface area (TPSA) is 28.9 Å². The maximum atomic E-state index is 6.15. The second-order valence-electron chi connectivity index (χ2n) is 13.7. The van der Waals surface area contributed by atoms with Crippen LogP contribution >= 0.6 is 0 Å². The average Bonchev–Trinajstić information content (AvgIpc) is 3.78. The molecule has 0 fully saturated rings. The summed E-state index contributed by atoms with van der Waals surface area (Å²) < 4.78 is 6.15. The fraction of sp³-hybridized carbons (Fsp3) is 0. The number of furan rings is 1. The van der Waals surface area contributed by atoms with Crippen molar-refractivity contribution in [2.24, 2.45) is 0 Å². The number of hydrogen-bond acceptors (Lipinski definition) is 1. The number of para-hydroxylation sites is 3. The quantitative estimate of drug-likeness (QED) is 0.187. The Morgan fingerprint density at radius 3 is 1.63 bits per heavy atom. The van der Waals surface area contributed by atoms with Crippen molar-refractivity contribution in [1.82, 2.24) is 4.98 Å². The normalized spacial score (nSPS) is 11.8. The van der Waals surface area contributed by atoms with E-state index in [1.807, 2.05) is 12.1 Å². The molecule has 0 amide bonds. The highest BCUT2D eigenvalue weighted by atomic mass is 16.3. The Hall–Kier alpha value is -6.90. The predicted octanol–water partition coefficient (Wildman–Crippen LogP) is 14.2. The lowest BCUT2D eigenvalue weighted by molar-refractivity contribution is 0.669. The van der Waals surface area contributed by atoms with Crippen molar-refractivity contribution in [3.8, 4) is 44.5 Å². The summed E-state index contributed by atoms with van der Waals surface area (Å²) in [5, 5.41) is 9.73. The molecule has 242 valence electrons. The Bertz CT molecular complexity index is 3140. The fourth-order valence-corrected chi connectivity index (χ4v) is 8.52. The Morgan fingerprint density at radius 2 is 0.846 bits per heavy atom. The molecule has 2 heterocycles. The van der Waals surface area contributed by atoms with Gasteiger partial charge in [0.15, 0.2) is 0 Å². The first-order valence-corrected chi connectivity index (χ1v) is 17.8. The summed E-state index contributed by atoms with van der Waals surface area (Å²) in [6.07, 6.45) is 0. The summed E-state index contributed by atoms with van der Waals surface area (Å²) in [6.45, 7) is 0. The highest BCUT2D eigenvalue weighted by Crippen LogP contribution is 2.47. The first kappa shape index (κ1) is 28.9. The third-order valence-electron chi connectivity index (χ3n) is 10.8. The van der Waals surface area contributed by atoms with Gasteiger partial charge in [0.2, 0.25) is 0 Å². The van der Waals surface area contributed by atoms with Crippen molar-refractivity contribution in [1.29, 1.82) is 0 Å². The molecule has 0 saturated heterocycles. The van der Waals surface area contributed by atoms with Crippen molar-refractivity contribution in [2.75, 3.05) is 0 Å². The number of H-pyrrole nitrogens is 1. The molecular weight excluding hydrogens is 631 g/mol. The van der Waals surface area contributed by atoms with Crippen LogP contribution in [-0.2, 0) is 0 Å². The van der Waals surface area contributed by atoms with E-state index in [9.17, 15) is 0 Å². The molecule has 0 spiro atoms. The molecule has 0 aliphatic heterocycles. The largest absolute Gasteiger partial charge is 0.456 e. The lowest BCUT2D eigenvalue weighted by Gasteiger charge is -2.20. The molecule has 0 atom stereocenters. The summed E-state index contributed by atoms with van der Waals surface area (Å²) in [6, 6.07) is 65.8. The minimum Gasteiger partial charge on any atom is -0.456 e. The summed E-state index contributed by atoms with van der Waals surface area (Å²) in [4.78, 5) is 3.76. The van der Waals surface area contributed by atoms with Gasteiger partial charge in [-0.2, -0.15) is 0 Å². The third kappa shape index (κ3) is 4.31. The Morgan fingerprint density at radius 1 is 0.308 bits per heavy atom. The molecule has 0 aliphatic rings. The van der Waals surface area contributed by atoms with E-state index in [2.05, 4.69) is 175 Å². The van der Waals surface area contributed by atoms with E-state index < -0.39 is 0 Å². The lowest BCUT2D eigenvalue weighted by Crippen LogP contribution is -1.93. The van der Waals surface area contributed by atoms with E-state index in [0.717, 1.165) is 27.5 Å². The molecule has 0 saturated carbocycles. The van der Waals surface area contributed by atoms with Gasteiger partial charge in [0.25, 0.3) is 0 Å². The molecule has 2 aromatic heterocycles. The number of aromatic nitrogens is 1. The zero-order chi connectivity index (χ0) is 34.2. The van der Waals surface area contributed by atoms with Gasteiger partial charge in [0.1, 0.15) is 11.2 Å². The lowest BCUT2D eigenvalue weighted by atomic mass is 9.83. The zero-order valence-corrected chi connectivity index (χ0v) is 28.2. The number of aromatic amines is 1. The predicted molar refractivity (Wildman–Crippen MR) is 220 cm³/mol. The molecule has 1 N–H and O–H groups in total. The highest BCUT2D eigenvalue weighted by molar-refractivity contribution is 6.23. The summed E-state index contributed by atoms with van der Waals surface area (Å²) in [5.41, 5.74) is 13.9.